The molecule has 1 aliphatic heterocycles. The average molecular weight is 449 g/mol. The number of methoxy groups -OCH3 is 1. The summed E-state index contributed by atoms with van der Waals surface area (Å²) in [5.41, 5.74) is 1.71. The van der Waals surface area contributed by atoms with Gasteiger partial charge in [0.1, 0.15) is 11.4 Å². The number of nitrogens with zero attached hydrogens (tertiary/aromatic N) is 2. The Hall–Kier alpha value is -4.20. The first-order chi connectivity index (χ1) is 15.8. The number of amides is 2. The number of imide groups is 1. The van der Waals surface area contributed by atoms with Crippen molar-refractivity contribution >= 4 is 34.4 Å². The second-order valence-electron chi connectivity index (χ2n) is 7.56. The van der Waals surface area contributed by atoms with E-state index in [1.807, 2.05) is 25.1 Å². The number of ether oxygens (including phenoxy) is 1. The number of hydrogen-bond acceptors (Lipinski definition) is 5. The number of para-hydroxylation sites is 1. The number of hydrogen-bond donors (Lipinski definition) is 1. The van der Waals surface area contributed by atoms with Crippen LogP contribution < -0.4 is 19.9 Å². The third kappa shape index (κ3) is 4.03. The van der Waals surface area contributed by atoms with Crippen molar-refractivity contribution in [1.29, 1.82) is 0 Å². The number of nitrogens with one attached hydrogen (secondary N) is 1. The van der Waals surface area contributed by atoms with Gasteiger partial charge in [-0.1, -0.05) is 24.3 Å². The fourth-order valence-electron chi connectivity index (χ4n) is 3.61. The lowest BCUT2D eigenvalue weighted by Gasteiger charge is -2.19. The predicted octanol–water partition coefficient (Wildman–Crippen LogP) is 4.44. The molecule has 1 N–H and O–H groups in total. The van der Waals surface area contributed by atoms with E-state index in [0.717, 1.165) is 22.7 Å². The van der Waals surface area contributed by atoms with Gasteiger partial charge in [-0.2, -0.15) is 0 Å². The van der Waals surface area contributed by atoms with E-state index in [1.165, 1.54) is 13.2 Å². The molecular weight excluding hydrogens is 428 g/mol. The molecule has 168 valence electrons. The Morgan fingerprint density at radius 3 is 2.33 bits per heavy atom. The van der Waals surface area contributed by atoms with Gasteiger partial charge in [0.05, 0.1) is 18.4 Å². The highest BCUT2D eigenvalue weighted by atomic mass is 19.2. The van der Waals surface area contributed by atoms with E-state index < -0.39 is 23.4 Å². The highest BCUT2D eigenvalue weighted by molar-refractivity contribution is 6.46. The number of carbonyl (C=O) groups is 2. The summed E-state index contributed by atoms with van der Waals surface area (Å²) in [5, 5.41) is 2.82. The topological polar surface area (TPSA) is 61.9 Å². The van der Waals surface area contributed by atoms with Gasteiger partial charge in [-0.05, 0) is 36.4 Å². The Labute approximate surface area is 189 Å². The van der Waals surface area contributed by atoms with Crippen molar-refractivity contribution < 1.29 is 23.1 Å². The average Bonchev–Trinajstić information content (AvgIpc) is 3.05. The van der Waals surface area contributed by atoms with Crippen LogP contribution in [0.1, 0.15) is 5.56 Å². The molecule has 0 aliphatic carbocycles. The minimum atomic E-state index is -1.08. The Balaban J connectivity index is 1.86. The van der Waals surface area contributed by atoms with Crippen molar-refractivity contribution in [3.63, 3.8) is 0 Å². The maximum absolute atomic E-state index is 13.8. The Bertz CT molecular complexity index is 1290. The first-order valence-corrected chi connectivity index (χ1v) is 10.1. The quantitative estimate of drug-likeness (QED) is 0.564. The van der Waals surface area contributed by atoms with E-state index >= 15 is 0 Å². The summed E-state index contributed by atoms with van der Waals surface area (Å²) < 4.78 is 32.6. The summed E-state index contributed by atoms with van der Waals surface area (Å²) in [5.74, 6) is -2.89. The van der Waals surface area contributed by atoms with Crippen molar-refractivity contribution in [3.8, 4) is 5.75 Å². The van der Waals surface area contributed by atoms with E-state index in [4.69, 9.17) is 4.74 Å². The fraction of sp³-hybridized carbons (Fsp3) is 0.120. The Kier molecular flexibility index (Phi) is 5.83. The van der Waals surface area contributed by atoms with Crippen LogP contribution in [0.5, 0.6) is 5.75 Å². The first-order valence-electron chi connectivity index (χ1n) is 10.1. The standard InChI is InChI=1S/C25H21F2N3O3/c1-29(2)16-7-6-8-17(14-16)30-24(31)22(18-9-4-5-10-21(18)33-3)23(25(30)32)28-15-11-12-19(26)20(27)13-15/h4-14,28H,1-3H3. The Morgan fingerprint density at radius 1 is 0.879 bits per heavy atom. The summed E-state index contributed by atoms with van der Waals surface area (Å²) in [6, 6.07) is 16.9. The number of halogens is 2. The zero-order chi connectivity index (χ0) is 23.7. The number of anilines is 3. The summed E-state index contributed by atoms with van der Waals surface area (Å²) >= 11 is 0. The third-order valence-corrected chi connectivity index (χ3v) is 5.25. The van der Waals surface area contributed by atoms with Crippen molar-refractivity contribution in [1.82, 2.24) is 0 Å². The molecule has 0 unspecified atom stereocenters. The van der Waals surface area contributed by atoms with Gasteiger partial charge in [0.15, 0.2) is 11.6 Å². The molecule has 0 spiro atoms. The van der Waals surface area contributed by atoms with Crippen LogP contribution in [0.15, 0.2) is 72.4 Å². The number of carbonyl (C=O) groups excluding carboxylic acids is 2. The van der Waals surface area contributed by atoms with Crippen molar-refractivity contribution in [2.45, 2.75) is 0 Å². The smallest absolute Gasteiger partial charge is 0.282 e. The lowest BCUT2D eigenvalue weighted by Crippen LogP contribution is -2.32. The van der Waals surface area contributed by atoms with Gasteiger partial charge < -0.3 is 15.0 Å². The SMILES string of the molecule is COc1ccccc1C1=C(Nc2ccc(F)c(F)c2)C(=O)N(c2cccc(N(C)C)c2)C1=O. The van der Waals surface area contributed by atoms with Gasteiger partial charge in [0.25, 0.3) is 11.8 Å². The number of rotatable bonds is 6. The molecule has 0 aromatic heterocycles. The van der Waals surface area contributed by atoms with E-state index in [2.05, 4.69) is 5.32 Å². The molecule has 0 atom stereocenters. The first kappa shape index (κ1) is 22.0. The third-order valence-electron chi connectivity index (χ3n) is 5.25. The minimum absolute atomic E-state index is 0.0641. The molecular formula is C25H21F2N3O3. The van der Waals surface area contributed by atoms with Crippen molar-refractivity contribution in [2.75, 3.05) is 36.3 Å². The highest BCUT2D eigenvalue weighted by Gasteiger charge is 2.41. The molecule has 1 heterocycles. The van der Waals surface area contributed by atoms with E-state index in [-0.39, 0.29) is 17.0 Å². The van der Waals surface area contributed by atoms with Crippen LogP contribution in [0.3, 0.4) is 0 Å². The van der Waals surface area contributed by atoms with Gasteiger partial charge in [0.2, 0.25) is 0 Å². The van der Waals surface area contributed by atoms with Crippen LogP contribution in [-0.2, 0) is 9.59 Å². The van der Waals surface area contributed by atoms with E-state index in [0.29, 0.717) is 17.0 Å². The molecule has 33 heavy (non-hydrogen) atoms. The zero-order valence-corrected chi connectivity index (χ0v) is 18.2. The predicted molar refractivity (Wildman–Crippen MR) is 123 cm³/mol. The van der Waals surface area contributed by atoms with Gasteiger partial charge in [-0.15, -0.1) is 0 Å². The molecule has 4 rings (SSSR count). The summed E-state index contributed by atoms with van der Waals surface area (Å²) in [6.07, 6.45) is 0. The summed E-state index contributed by atoms with van der Waals surface area (Å²) in [6.45, 7) is 0. The van der Waals surface area contributed by atoms with Crippen molar-refractivity contribution in [2.24, 2.45) is 0 Å². The van der Waals surface area contributed by atoms with Crippen LogP contribution in [0.4, 0.5) is 25.8 Å². The monoisotopic (exact) mass is 449 g/mol. The molecule has 3 aromatic rings. The molecule has 3 aromatic carbocycles. The maximum Gasteiger partial charge on any atom is 0.282 e. The van der Waals surface area contributed by atoms with Gasteiger partial charge in [-0.3, -0.25) is 9.59 Å². The second-order valence-corrected chi connectivity index (χ2v) is 7.56. The number of benzene rings is 3. The second kappa shape index (κ2) is 8.74. The van der Waals surface area contributed by atoms with Crippen LogP contribution in [0, 0.1) is 11.6 Å². The van der Waals surface area contributed by atoms with Gasteiger partial charge >= 0.3 is 0 Å². The molecule has 0 bridgehead atoms. The van der Waals surface area contributed by atoms with E-state index in [1.54, 1.807) is 42.5 Å². The summed E-state index contributed by atoms with van der Waals surface area (Å²) in [4.78, 5) is 30.0. The molecule has 2 amide bonds. The van der Waals surface area contributed by atoms with Crippen LogP contribution in [-0.4, -0.2) is 33.0 Å². The lowest BCUT2D eigenvalue weighted by atomic mass is 10.0. The molecule has 0 radical (unpaired) electrons. The van der Waals surface area contributed by atoms with Crippen molar-refractivity contribution in [3.05, 3.63) is 89.6 Å². The van der Waals surface area contributed by atoms with Crippen LogP contribution in [0.2, 0.25) is 0 Å². The highest BCUT2D eigenvalue weighted by Crippen LogP contribution is 2.38. The minimum Gasteiger partial charge on any atom is -0.496 e. The molecule has 1 aliphatic rings. The fourth-order valence-corrected chi connectivity index (χ4v) is 3.61. The van der Waals surface area contributed by atoms with Gasteiger partial charge in [-0.25, -0.2) is 13.7 Å². The largest absolute Gasteiger partial charge is 0.496 e. The summed E-state index contributed by atoms with van der Waals surface area (Å²) in [7, 11) is 5.16. The molecule has 0 saturated heterocycles. The van der Waals surface area contributed by atoms with Crippen LogP contribution >= 0.6 is 0 Å². The normalized spacial score (nSPS) is 13.5. The van der Waals surface area contributed by atoms with Gasteiger partial charge in [0, 0.05) is 37.1 Å². The van der Waals surface area contributed by atoms with Crippen LogP contribution in [0.25, 0.3) is 5.57 Å². The molecule has 0 saturated carbocycles. The van der Waals surface area contributed by atoms with E-state index in [9.17, 15) is 18.4 Å². The maximum atomic E-state index is 13.8. The Morgan fingerprint density at radius 2 is 1.64 bits per heavy atom. The molecule has 6 nitrogen and oxygen atoms in total. The molecule has 0 fully saturated rings. The molecule has 8 heteroatoms. The lowest BCUT2D eigenvalue weighted by molar-refractivity contribution is -0.120. The zero-order valence-electron chi connectivity index (χ0n) is 18.2.